The van der Waals surface area contributed by atoms with Crippen LogP contribution in [0.25, 0.3) is 6.08 Å². The van der Waals surface area contributed by atoms with Crippen LogP contribution in [0.1, 0.15) is 36.6 Å². The van der Waals surface area contributed by atoms with Crippen molar-refractivity contribution in [3.8, 4) is 5.75 Å². The van der Waals surface area contributed by atoms with E-state index in [9.17, 15) is 14.0 Å². The third-order valence-corrected chi connectivity index (χ3v) is 9.13. The van der Waals surface area contributed by atoms with E-state index in [4.69, 9.17) is 21.1 Å². The van der Waals surface area contributed by atoms with Gasteiger partial charge in [-0.15, -0.1) is 0 Å². The molecule has 0 N–H and O–H groups in total. The number of fused-ring (bicyclic) bond motifs is 1. The van der Waals surface area contributed by atoms with Crippen LogP contribution >= 0.6 is 68.1 Å². The van der Waals surface area contributed by atoms with Crippen molar-refractivity contribution in [2.75, 3.05) is 6.61 Å². The summed E-state index contributed by atoms with van der Waals surface area (Å²) >= 11 is 12.0. The fraction of sp³-hybridized carbons (Fsp3) is 0.167. The van der Waals surface area contributed by atoms with E-state index < -0.39 is 17.8 Å². The molecule has 4 aromatic rings. The SMILES string of the molecule is CCOC(=O)C1=C(C)N=c2s/c(=C\c3cc(I)cc(I)c3OCc3ccccc3Cl)c(=O)n2[C@H]1c1ccc(F)cc1. The lowest BCUT2D eigenvalue weighted by Crippen LogP contribution is -2.39. The van der Waals surface area contributed by atoms with Crippen LogP contribution in [0.2, 0.25) is 5.02 Å². The first-order chi connectivity index (χ1) is 19.7. The van der Waals surface area contributed by atoms with Gasteiger partial charge in [0, 0.05) is 19.7 Å². The highest BCUT2D eigenvalue weighted by molar-refractivity contribution is 14.1. The molecule has 2 heterocycles. The van der Waals surface area contributed by atoms with Gasteiger partial charge in [0.2, 0.25) is 0 Å². The third kappa shape index (κ3) is 6.30. The molecule has 210 valence electrons. The van der Waals surface area contributed by atoms with E-state index in [1.807, 2.05) is 36.4 Å². The quantitative estimate of drug-likeness (QED) is 0.161. The van der Waals surface area contributed by atoms with E-state index in [0.717, 1.165) is 18.3 Å². The topological polar surface area (TPSA) is 69.9 Å². The van der Waals surface area contributed by atoms with E-state index in [1.54, 1.807) is 32.1 Å². The molecule has 0 saturated carbocycles. The molecule has 6 nitrogen and oxygen atoms in total. The van der Waals surface area contributed by atoms with Crippen LogP contribution in [-0.2, 0) is 16.1 Å². The summed E-state index contributed by atoms with van der Waals surface area (Å²) in [6.07, 6.45) is 1.78. The summed E-state index contributed by atoms with van der Waals surface area (Å²) in [4.78, 5) is 32.1. The van der Waals surface area contributed by atoms with Gasteiger partial charge in [0.05, 0.1) is 32.0 Å². The second-order valence-corrected chi connectivity index (χ2v) is 12.9. The zero-order valence-electron chi connectivity index (χ0n) is 21.8. The van der Waals surface area contributed by atoms with E-state index in [0.29, 0.717) is 31.4 Å². The lowest BCUT2D eigenvalue weighted by Gasteiger charge is -2.24. The number of rotatable bonds is 7. The van der Waals surface area contributed by atoms with Gasteiger partial charge in [-0.25, -0.2) is 14.2 Å². The number of thiazole rings is 1. The number of esters is 1. The molecule has 41 heavy (non-hydrogen) atoms. The Morgan fingerprint density at radius 2 is 1.90 bits per heavy atom. The Balaban J connectivity index is 1.65. The molecule has 1 aliphatic heterocycles. The number of nitrogens with zero attached hydrogens (tertiary/aromatic N) is 2. The fourth-order valence-electron chi connectivity index (χ4n) is 4.50. The summed E-state index contributed by atoms with van der Waals surface area (Å²) in [7, 11) is 0. The minimum Gasteiger partial charge on any atom is -0.487 e. The molecule has 0 unspecified atom stereocenters. The number of ether oxygens (including phenoxy) is 2. The highest BCUT2D eigenvalue weighted by Crippen LogP contribution is 2.32. The predicted octanol–water partition coefficient (Wildman–Crippen LogP) is 6.38. The first kappa shape index (κ1) is 29.9. The summed E-state index contributed by atoms with van der Waals surface area (Å²) in [6, 6.07) is 16.3. The van der Waals surface area contributed by atoms with Crippen molar-refractivity contribution < 1.29 is 18.7 Å². The summed E-state index contributed by atoms with van der Waals surface area (Å²) in [5, 5.41) is 0.608. The molecule has 0 spiro atoms. The Morgan fingerprint density at radius 1 is 1.17 bits per heavy atom. The zero-order chi connectivity index (χ0) is 29.3. The Hall–Kier alpha value is -2.55. The predicted molar refractivity (Wildman–Crippen MR) is 174 cm³/mol. The van der Waals surface area contributed by atoms with Gasteiger partial charge in [0.25, 0.3) is 5.56 Å². The average molecular weight is 815 g/mol. The van der Waals surface area contributed by atoms with E-state index >= 15 is 0 Å². The van der Waals surface area contributed by atoms with Crippen LogP contribution in [0.3, 0.4) is 0 Å². The van der Waals surface area contributed by atoms with Gasteiger partial charge in [-0.05, 0) is 101 Å². The van der Waals surface area contributed by atoms with Gasteiger partial charge in [-0.2, -0.15) is 0 Å². The third-order valence-electron chi connectivity index (χ3n) is 6.36. The van der Waals surface area contributed by atoms with Crippen molar-refractivity contribution in [3.63, 3.8) is 0 Å². The molecule has 0 bridgehead atoms. The number of halogens is 4. The molecule has 0 saturated heterocycles. The summed E-state index contributed by atoms with van der Waals surface area (Å²) < 4.78 is 29.1. The number of hydrogen-bond donors (Lipinski definition) is 0. The van der Waals surface area contributed by atoms with Crippen molar-refractivity contribution in [2.24, 2.45) is 4.99 Å². The molecular formula is C30H22ClFI2N2O4S. The minimum atomic E-state index is -0.819. The largest absolute Gasteiger partial charge is 0.487 e. The van der Waals surface area contributed by atoms with Crippen LogP contribution in [-0.4, -0.2) is 17.1 Å². The molecule has 3 aromatic carbocycles. The van der Waals surface area contributed by atoms with Gasteiger partial charge >= 0.3 is 5.97 Å². The van der Waals surface area contributed by atoms with Crippen molar-refractivity contribution in [1.82, 2.24) is 4.57 Å². The molecule has 1 aliphatic rings. The monoisotopic (exact) mass is 814 g/mol. The molecule has 11 heteroatoms. The zero-order valence-corrected chi connectivity index (χ0v) is 27.7. The van der Waals surface area contributed by atoms with Crippen molar-refractivity contribution in [2.45, 2.75) is 26.5 Å². The van der Waals surface area contributed by atoms with Crippen LogP contribution in [0.5, 0.6) is 5.75 Å². The summed E-state index contributed by atoms with van der Waals surface area (Å²) in [6.45, 7) is 3.84. The fourth-order valence-corrected chi connectivity index (χ4v) is 7.77. The van der Waals surface area contributed by atoms with E-state index in [1.165, 1.54) is 28.0 Å². The molecule has 1 atom stereocenters. The molecule has 0 aliphatic carbocycles. The second-order valence-electron chi connectivity index (χ2n) is 9.04. The Kier molecular flexibility index (Phi) is 9.31. The number of carbonyl (C=O) groups is 1. The highest BCUT2D eigenvalue weighted by atomic mass is 127. The summed E-state index contributed by atoms with van der Waals surface area (Å²) in [5.74, 6) is -0.368. The van der Waals surface area contributed by atoms with Crippen molar-refractivity contribution >= 4 is 80.2 Å². The van der Waals surface area contributed by atoms with Crippen LogP contribution in [0, 0.1) is 13.0 Å². The molecule has 0 fully saturated rings. The molecular weight excluding hydrogens is 793 g/mol. The molecule has 1 aromatic heterocycles. The lowest BCUT2D eigenvalue weighted by molar-refractivity contribution is -0.139. The Morgan fingerprint density at radius 3 is 2.61 bits per heavy atom. The van der Waals surface area contributed by atoms with Crippen LogP contribution in [0.15, 0.2) is 81.7 Å². The van der Waals surface area contributed by atoms with Gasteiger partial charge in [0.1, 0.15) is 18.2 Å². The van der Waals surface area contributed by atoms with Crippen LogP contribution < -0.4 is 19.6 Å². The smallest absolute Gasteiger partial charge is 0.338 e. The maximum Gasteiger partial charge on any atom is 0.338 e. The number of carbonyl (C=O) groups excluding carboxylic acids is 1. The summed E-state index contributed by atoms with van der Waals surface area (Å²) in [5.41, 5.74) is 2.49. The van der Waals surface area contributed by atoms with Crippen LogP contribution in [0.4, 0.5) is 4.39 Å². The maximum absolute atomic E-state index is 14.0. The van der Waals surface area contributed by atoms with Crippen molar-refractivity contribution in [1.29, 1.82) is 0 Å². The second kappa shape index (κ2) is 12.8. The van der Waals surface area contributed by atoms with E-state index in [2.05, 4.69) is 50.2 Å². The number of hydrogen-bond acceptors (Lipinski definition) is 6. The minimum absolute atomic E-state index is 0.165. The van der Waals surface area contributed by atoms with Gasteiger partial charge in [-0.1, -0.05) is 53.3 Å². The van der Waals surface area contributed by atoms with Gasteiger partial charge < -0.3 is 9.47 Å². The Bertz CT molecular complexity index is 1870. The van der Waals surface area contributed by atoms with Gasteiger partial charge in [-0.3, -0.25) is 9.36 Å². The lowest BCUT2D eigenvalue weighted by atomic mass is 9.96. The number of benzene rings is 3. The number of allylic oxidation sites excluding steroid dienone is 1. The molecule has 0 amide bonds. The Labute approximate surface area is 271 Å². The normalized spacial score (nSPS) is 15.0. The van der Waals surface area contributed by atoms with Gasteiger partial charge in [0.15, 0.2) is 4.80 Å². The van der Waals surface area contributed by atoms with E-state index in [-0.39, 0.29) is 24.3 Å². The molecule has 5 rings (SSSR count). The first-order valence-electron chi connectivity index (χ1n) is 12.5. The number of aromatic nitrogens is 1. The van der Waals surface area contributed by atoms with Crippen molar-refractivity contribution in [3.05, 3.63) is 126 Å². The first-order valence-corrected chi connectivity index (χ1v) is 15.8. The standard InChI is InChI=1S/C30H22ClFI2N2O4S/c1-3-39-29(38)25-16(2)35-30-36(26(25)17-8-10-20(32)11-9-17)28(37)24(41-30)13-19-12-21(33)14-23(34)27(19)40-15-18-6-4-5-7-22(18)31/h4-14,26H,3,15H2,1-2H3/b24-13-/t26-/m0/s1. The molecule has 0 radical (unpaired) electrons. The highest BCUT2D eigenvalue weighted by Gasteiger charge is 2.33. The average Bonchev–Trinajstić information content (AvgIpc) is 3.23. The maximum atomic E-state index is 14.0.